The summed E-state index contributed by atoms with van der Waals surface area (Å²) >= 11 is 5.76. The topological polar surface area (TPSA) is 25.8 Å². The first-order valence-electron chi connectivity index (χ1n) is 3.47. The highest BCUT2D eigenvalue weighted by atomic mass is 32.2. The number of fused-ring (bicyclic) bond motifs is 1. The minimum absolute atomic E-state index is 0.271. The summed E-state index contributed by atoms with van der Waals surface area (Å²) in [4.78, 5) is 7.37. The molecule has 0 unspecified atom stereocenters. The van der Waals surface area contributed by atoms with Gasteiger partial charge in [0.1, 0.15) is 5.65 Å². The molecule has 0 saturated heterocycles. The summed E-state index contributed by atoms with van der Waals surface area (Å²) in [6, 6.07) is 1.01. The quantitative estimate of drug-likeness (QED) is 0.656. The van der Waals surface area contributed by atoms with Gasteiger partial charge < -0.3 is 24.0 Å². The van der Waals surface area contributed by atoms with Crippen molar-refractivity contribution in [3.63, 3.8) is 0 Å². The predicted molar refractivity (Wildman–Crippen MR) is 48.0 cm³/mol. The lowest BCUT2D eigenvalue weighted by atomic mass is 10.3. The van der Waals surface area contributed by atoms with Crippen LogP contribution in [0.15, 0.2) is 16.6 Å². The third-order valence-corrected chi connectivity index (χ3v) is 2.68. The molecule has 74 valence electrons. The molecule has 0 saturated carbocycles. The van der Waals surface area contributed by atoms with Crippen molar-refractivity contribution in [1.29, 1.82) is 0 Å². The average molecular weight is 235 g/mol. The Bertz CT molecular complexity index is 477. The van der Waals surface area contributed by atoms with Gasteiger partial charge in [0.25, 0.3) is 0 Å². The van der Waals surface area contributed by atoms with Gasteiger partial charge in [-0.05, 0) is 15.1 Å². The van der Waals surface area contributed by atoms with E-state index in [1.807, 2.05) is 0 Å². The van der Waals surface area contributed by atoms with Crippen molar-refractivity contribution in [1.82, 2.24) is 9.97 Å². The first kappa shape index (κ1) is 9.60. The normalized spacial score (nSPS) is 12.2. The molecule has 0 fully saturated rings. The van der Waals surface area contributed by atoms with Gasteiger partial charge in [-0.1, -0.05) is 0 Å². The summed E-state index contributed by atoms with van der Waals surface area (Å²) in [5.41, 5.74) is -0.503. The zero-order valence-electron chi connectivity index (χ0n) is 6.50. The standard InChI is InChI=1S/C7H3F3N2S2/c8-7(9,10)3-1-4-5(11-2-3)12-6(13)14-4/h1-2H,(H,11,12,13)/p-1. The smallest absolute Gasteiger partial charge is 0.408 e. The first-order chi connectivity index (χ1) is 6.47. The highest BCUT2D eigenvalue weighted by Crippen LogP contribution is 2.31. The van der Waals surface area contributed by atoms with E-state index < -0.39 is 11.7 Å². The number of hydrogen-bond donors (Lipinski definition) is 0. The summed E-state index contributed by atoms with van der Waals surface area (Å²) in [5.74, 6) is 0. The van der Waals surface area contributed by atoms with E-state index in [4.69, 9.17) is 12.6 Å². The summed E-state index contributed by atoms with van der Waals surface area (Å²) in [6.07, 6.45) is -3.61. The molecule has 0 aromatic carbocycles. The molecule has 2 nitrogen and oxygen atoms in total. The number of rotatable bonds is 0. The maximum Gasteiger partial charge on any atom is 0.417 e. The molecule has 0 bridgehead atoms. The van der Waals surface area contributed by atoms with Crippen LogP contribution in [0, 0.1) is 0 Å². The summed E-state index contributed by atoms with van der Waals surface area (Å²) in [5, 5.41) is 0. The highest BCUT2D eigenvalue weighted by molar-refractivity contribution is 7.63. The monoisotopic (exact) mass is 235 g/mol. The fourth-order valence-corrected chi connectivity index (χ4v) is 2.01. The number of alkyl halides is 3. The van der Waals surface area contributed by atoms with E-state index in [1.54, 1.807) is 0 Å². The van der Waals surface area contributed by atoms with E-state index >= 15 is 0 Å². The Balaban J connectivity index is 2.62. The van der Waals surface area contributed by atoms with Crippen molar-refractivity contribution in [2.45, 2.75) is 10.5 Å². The van der Waals surface area contributed by atoms with E-state index in [-0.39, 0.29) is 5.65 Å². The number of hydrogen-bond acceptors (Lipinski definition) is 4. The van der Waals surface area contributed by atoms with Gasteiger partial charge in [0, 0.05) is 6.20 Å². The maximum atomic E-state index is 12.2. The Morgan fingerprint density at radius 1 is 1.36 bits per heavy atom. The van der Waals surface area contributed by atoms with Crippen LogP contribution in [0.3, 0.4) is 0 Å². The number of thiazole rings is 1. The summed E-state index contributed by atoms with van der Waals surface area (Å²) in [6.45, 7) is 0. The van der Waals surface area contributed by atoms with Crippen LogP contribution in [0.5, 0.6) is 0 Å². The van der Waals surface area contributed by atoms with Crippen LogP contribution in [0.25, 0.3) is 10.3 Å². The molecule has 0 N–H and O–H groups in total. The molecule has 0 spiro atoms. The zero-order chi connectivity index (χ0) is 10.3. The van der Waals surface area contributed by atoms with Crippen LogP contribution >= 0.6 is 11.3 Å². The van der Waals surface area contributed by atoms with Crippen LogP contribution in [0.2, 0.25) is 0 Å². The summed E-state index contributed by atoms with van der Waals surface area (Å²) < 4.78 is 37.4. The lowest BCUT2D eigenvalue weighted by molar-refractivity contribution is -0.137. The second-order valence-electron chi connectivity index (χ2n) is 2.52. The number of halogens is 3. The van der Waals surface area contributed by atoms with Crippen molar-refractivity contribution >= 4 is 34.3 Å². The molecule has 0 atom stereocenters. The van der Waals surface area contributed by atoms with Gasteiger partial charge >= 0.3 is 6.18 Å². The van der Waals surface area contributed by atoms with Crippen molar-refractivity contribution in [3.05, 3.63) is 17.8 Å². The van der Waals surface area contributed by atoms with Gasteiger partial charge in [0.2, 0.25) is 0 Å². The first-order valence-corrected chi connectivity index (χ1v) is 4.70. The van der Waals surface area contributed by atoms with Crippen LogP contribution < -0.4 is 0 Å². The Hall–Kier alpha value is -0.950. The van der Waals surface area contributed by atoms with E-state index in [2.05, 4.69) is 9.97 Å². The Kier molecular flexibility index (Phi) is 2.07. The van der Waals surface area contributed by atoms with Gasteiger partial charge in [-0.3, -0.25) is 0 Å². The third kappa shape index (κ3) is 1.64. The Morgan fingerprint density at radius 2 is 2.07 bits per heavy atom. The molecule has 2 heterocycles. The van der Waals surface area contributed by atoms with Gasteiger partial charge in [-0.25, -0.2) is 9.97 Å². The van der Waals surface area contributed by atoms with Crippen LogP contribution in [0.1, 0.15) is 5.56 Å². The molecule has 2 rings (SSSR count). The van der Waals surface area contributed by atoms with Crippen LogP contribution in [-0.4, -0.2) is 9.97 Å². The molecule has 14 heavy (non-hydrogen) atoms. The number of nitrogens with zero attached hydrogens (tertiary/aromatic N) is 2. The van der Waals surface area contributed by atoms with E-state index in [1.165, 1.54) is 0 Å². The average Bonchev–Trinajstić information content (AvgIpc) is 2.41. The van der Waals surface area contributed by atoms with Crippen molar-refractivity contribution < 1.29 is 13.2 Å². The Labute approximate surface area is 86.2 Å². The predicted octanol–water partition coefficient (Wildman–Crippen LogP) is 2.62. The van der Waals surface area contributed by atoms with Crippen LogP contribution in [0.4, 0.5) is 13.2 Å². The van der Waals surface area contributed by atoms with Crippen molar-refractivity contribution in [2.75, 3.05) is 0 Å². The minimum atomic E-state index is -4.37. The lowest BCUT2D eigenvalue weighted by Crippen LogP contribution is -2.04. The second-order valence-corrected chi connectivity index (χ2v) is 4.20. The molecule has 7 heteroatoms. The zero-order valence-corrected chi connectivity index (χ0v) is 8.13. The molecule has 0 amide bonds. The fraction of sp³-hybridized carbons (Fsp3) is 0.143. The second kappa shape index (κ2) is 3.03. The Morgan fingerprint density at radius 3 is 2.71 bits per heavy atom. The molecular weight excluding hydrogens is 233 g/mol. The van der Waals surface area contributed by atoms with Crippen molar-refractivity contribution in [3.8, 4) is 0 Å². The SMILES string of the molecule is FC(F)(F)c1cnc2nc([S-])sc2c1. The molecule has 0 aliphatic carbocycles. The van der Waals surface area contributed by atoms with Crippen molar-refractivity contribution in [2.24, 2.45) is 0 Å². The molecule has 0 aliphatic heterocycles. The van der Waals surface area contributed by atoms with E-state index in [0.29, 0.717) is 9.04 Å². The van der Waals surface area contributed by atoms with E-state index in [9.17, 15) is 13.2 Å². The van der Waals surface area contributed by atoms with E-state index in [0.717, 1.165) is 23.6 Å². The minimum Gasteiger partial charge on any atom is -0.408 e. The summed E-state index contributed by atoms with van der Waals surface area (Å²) in [7, 11) is 0. The maximum absolute atomic E-state index is 12.2. The van der Waals surface area contributed by atoms with Crippen LogP contribution in [-0.2, 0) is 18.8 Å². The molecule has 2 aromatic heterocycles. The van der Waals surface area contributed by atoms with Gasteiger partial charge in [-0.15, -0.1) is 0 Å². The molecular formula is C7H2F3N2S2-. The fourth-order valence-electron chi connectivity index (χ4n) is 0.955. The van der Waals surface area contributed by atoms with Gasteiger partial charge in [0.15, 0.2) is 0 Å². The molecule has 2 aromatic rings. The van der Waals surface area contributed by atoms with Gasteiger partial charge in [-0.2, -0.15) is 13.2 Å². The molecule has 0 aliphatic rings. The lowest BCUT2D eigenvalue weighted by Gasteiger charge is -2.05. The largest absolute Gasteiger partial charge is 0.417 e. The highest BCUT2D eigenvalue weighted by Gasteiger charge is 2.30. The molecule has 0 radical (unpaired) electrons. The third-order valence-electron chi connectivity index (χ3n) is 1.55. The number of pyridine rings is 1. The number of aromatic nitrogens is 2. The van der Waals surface area contributed by atoms with Gasteiger partial charge in [0.05, 0.1) is 5.56 Å².